The summed E-state index contributed by atoms with van der Waals surface area (Å²) < 4.78 is 19.6. The van der Waals surface area contributed by atoms with Crippen LogP contribution in [0.3, 0.4) is 0 Å². The molecule has 0 saturated carbocycles. The van der Waals surface area contributed by atoms with Gasteiger partial charge < -0.3 is 23.7 Å². The van der Waals surface area contributed by atoms with Crippen LogP contribution in [-0.2, 0) is 23.3 Å². The predicted octanol–water partition coefficient (Wildman–Crippen LogP) is 5.91. The fraction of sp³-hybridized carbons (Fsp3) is 0.355. The minimum atomic E-state index is 0.0286. The fourth-order valence-corrected chi connectivity index (χ4v) is 5.41. The van der Waals surface area contributed by atoms with Crippen molar-refractivity contribution in [2.24, 2.45) is 0 Å². The van der Waals surface area contributed by atoms with Crippen molar-refractivity contribution >= 4 is 10.9 Å². The lowest BCUT2D eigenvalue weighted by atomic mass is 9.73. The monoisotopic (exact) mass is 484 g/mol. The van der Waals surface area contributed by atoms with Gasteiger partial charge >= 0.3 is 0 Å². The summed E-state index contributed by atoms with van der Waals surface area (Å²) in [6.45, 7) is 5.46. The highest BCUT2D eigenvalue weighted by atomic mass is 16.5. The Kier molecular flexibility index (Phi) is 7.59. The van der Waals surface area contributed by atoms with Crippen molar-refractivity contribution in [1.82, 2.24) is 9.47 Å². The van der Waals surface area contributed by atoms with Crippen molar-refractivity contribution in [3.63, 3.8) is 0 Å². The number of rotatable bonds is 10. The number of methoxy groups -OCH3 is 2. The van der Waals surface area contributed by atoms with E-state index in [1.165, 1.54) is 16.5 Å². The van der Waals surface area contributed by atoms with E-state index in [0.29, 0.717) is 13.2 Å². The Morgan fingerprint density at radius 3 is 2.19 bits per heavy atom. The molecule has 1 fully saturated rings. The number of hydrogen-bond donors (Lipinski definition) is 0. The van der Waals surface area contributed by atoms with Crippen LogP contribution < -0.4 is 9.47 Å². The number of fused-ring (bicyclic) bond motifs is 1. The maximum absolute atomic E-state index is 6.38. The molecule has 1 aromatic heterocycles. The first-order valence-corrected chi connectivity index (χ1v) is 12.8. The first kappa shape index (κ1) is 24.4. The van der Waals surface area contributed by atoms with Gasteiger partial charge in [-0.2, -0.15) is 0 Å². The molecule has 3 aromatic carbocycles. The van der Waals surface area contributed by atoms with Crippen LogP contribution in [0.2, 0.25) is 0 Å². The Morgan fingerprint density at radius 1 is 0.778 bits per heavy atom. The maximum Gasteiger partial charge on any atom is 0.122 e. The standard InChI is InChI=1S/C31H36N2O3/c1-34-28-20-25(21-29(22-28)35-2)23-36-24-31(27-9-4-3-5-10-27)13-16-32(17-14-31)18-19-33-15-12-26-8-6-7-11-30(26)33/h3-12,15,20-22H,13-14,16-19,23-24H2,1-2H3. The van der Waals surface area contributed by atoms with Crippen molar-refractivity contribution < 1.29 is 14.2 Å². The molecule has 0 spiro atoms. The van der Waals surface area contributed by atoms with Gasteiger partial charge in [0.25, 0.3) is 0 Å². The lowest BCUT2D eigenvalue weighted by molar-refractivity contribution is 0.0355. The number of ether oxygens (including phenoxy) is 3. The van der Waals surface area contributed by atoms with Gasteiger partial charge in [0.05, 0.1) is 27.4 Å². The molecule has 0 aliphatic carbocycles. The normalized spacial score (nSPS) is 15.7. The molecule has 36 heavy (non-hydrogen) atoms. The van der Waals surface area contributed by atoms with Crippen LogP contribution in [0.4, 0.5) is 0 Å². The second-order valence-corrected chi connectivity index (χ2v) is 9.77. The Labute approximate surface area is 214 Å². The van der Waals surface area contributed by atoms with E-state index in [-0.39, 0.29) is 5.41 Å². The molecule has 0 atom stereocenters. The van der Waals surface area contributed by atoms with Crippen molar-refractivity contribution in [1.29, 1.82) is 0 Å². The minimum Gasteiger partial charge on any atom is -0.497 e. The SMILES string of the molecule is COc1cc(COCC2(c3ccccc3)CCN(CCn3ccc4ccccc43)CC2)cc(OC)c1. The fourth-order valence-electron chi connectivity index (χ4n) is 5.41. The average Bonchev–Trinajstić information content (AvgIpc) is 3.36. The first-order valence-electron chi connectivity index (χ1n) is 12.8. The second kappa shape index (κ2) is 11.2. The molecule has 1 aliphatic heterocycles. The molecule has 4 aromatic rings. The van der Waals surface area contributed by atoms with Gasteiger partial charge in [0.15, 0.2) is 0 Å². The van der Waals surface area contributed by atoms with Crippen molar-refractivity contribution in [2.75, 3.05) is 40.5 Å². The zero-order valence-corrected chi connectivity index (χ0v) is 21.4. The smallest absolute Gasteiger partial charge is 0.122 e. The van der Waals surface area contributed by atoms with Crippen molar-refractivity contribution in [3.8, 4) is 11.5 Å². The van der Waals surface area contributed by atoms with Gasteiger partial charge in [0.1, 0.15) is 11.5 Å². The van der Waals surface area contributed by atoms with E-state index in [1.54, 1.807) is 14.2 Å². The Bertz CT molecular complexity index is 1240. The van der Waals surface area contributed by atoms with Gasteiger partial charge in [0.2, 0.25) is 0 Å². The Balaban J connectivity index is 1.23. The summed E-state index contributed by atoms with van der Waals surface area (Å²) in [4.78, 5) is 2.60. The van der Waals surface area contributed by atoms with Crippen LogP contribution in [0, 0.1) is 0 Å². The highest BCUT2D eigenvalue weighted by Gasteiger charge is 2.36. The highest BCUT2D eigenvalue weighted by Crippen LogP contribution is 2.36. The average molecular weight is 485 g/mol. The van der Waals surface area contributed by atoms with E-state index in [0.717, 1.165) is 56.1 Å². The van der Waals surface area contributed by atoms with E-state index in [4.69, 9.17) is 14.2 Å². The van der Waals surface area contributed by atoms with Crippen molar-refractivity contribution in [2.45, 2.75) is 31.4 Å². The summed E-state index contributed by atoms with van der Waals surface area (Å²) in [5, 5.41) is 1.31. The van der Waals surface area contributed by atoms with Gasteiger partial charge in [-0.1, -0.05) is 48.5 Å². The van der Waals surface area contributed by atoms with Gasteiger partial charge in [-0.25, -0.2) is 0 Å². The number of aromatic nitrogens is 1. The molecule has 5 rings (SSSR count). The Morgan fingerprint density at radius 2 is 1.47 bits per heavy atom. The number of hydrogen-bond acceptors (Lipinski definition) is 4. The van der Waals surface area contributed by atoms with Crippen LogP contribution in [-0.4, -0.2) is 49.9 Å². The number of nitrogens with zero attached hydrogens (tertiary/aromatic N) is 2. The first-order chi connectivity index (χ1) is 17.7. The predicted molar refractivity (Wildman–Crippen MR) is 145 cm³/mol. The summed E-state index contributed by atoms with van der Waals surface area (Å²) in [5.74, 6) is 1.57. The summed E-state index contributed by atoms with van der Waals surface area (Å²) in [6, 6.07) is 27.7. The summed E-state index contributed by atoms with van der Waals surface area (Å²) >= 11 is 0. The minimum absolute atomic E-state index is 0.0286. The summed E-state index contributed by atoms with van der Waals surface area (Å²) in [7, 11) is 3.35. The van der Waals surface area contributed by atoms with Crippen LogP contribution in [0.1, 0.15) is 24.0 Å². The third-order valence-corrected chi connectivity index (χ3v) is 7.59. The van der Waals surface area contributed by atoms with Crippen LogP contribution in [0.15, 0.2) is 85.1 Å². The Hall–Kier alpha value is -3.28. The summed E-state index contributed by atoms with van der Waals surface area (Å²) in [5.41, 5.74) is 3.78. The number of piperidine rings is 1. The largest absolute Gasteiger partial charge is 0.497 e. The van der Waals surface area contributed by atoms with E-state index < -0.39 is 0 Å². The molecule has 0 unspecified atom stereocenters. The third kappa shape index (κ3) is 5.43. The lowest BCUT2D eigenvalue weighted by Gasteiger charge is -2.42. The molecule has 5 nitrogen and oxygen atoms in total. The topological polar surface area (TPSA) is 35.9 Å². The van der Waals surface area contributed by atoms with E-state index in [1.807, 2.05) is 18.2 Å². The number of likely N-dealkylation sites (tertiary alicyclic amines) is 1. The van der Waals surface area contributed by atoms with Crippen molar-refractivity contribution in [3.05, 3.63) is 96.2 Å². The van der Waals surface area contributed by atoms with E-state index in [2.05, 4.69) is 76.3 Å². The highest BCUT2D eigenvalue weighted by molar-refractivity contribution is 5.79. The third-order valence-electron chi connectivity index (χ3n) is 7.59. The van der Waals surface area contributed by atoms with E-state index in [9.17, 15) is 0 Å². The van der Waals surface area contributed by atoms with E-state index >= 15 is 0 Å². The molecule has 0 bridgehead atoms. The molecule has 5 heteroatoms. The van der Waals surface area contributed by atoms with Crippen LogP contribution in [0.25, 0.3) is 10.9 Å². The molecule has 0 amide bonds. The van der Waals surface area contributed by atoms with Gasteiger partial charge in [-0.05, 0) is 66.7 Å². The molecule has 188 valence electrons. The van der Waals surface area contributed by atoms with Gasteiger partial charge in [-0.15, -0.1) is 0 Å². The molecular weight excluding hydrogens is 448 g/mol. The number of para-hydroxylation sites is 1. The van der Waals surface area contributed by atoms with Gasteiger partial charge in [-0.3, -0.25) is 0 Å². The maximum atomic E-state index is 6.38. The quantitative estimate of drug-likeness (QED) is 0.280. The van der Waals surface area contributed by atoms with Gasteiger partial charge in [0, 0.05) is 36.3 Å². The summed E-state index contributed by atoms with van der Waals surface area (Å²) in [6.07, 6.45) is 4.39. The zero-order chi connectivity index (χ0) is 24.8. The van der Waals surface area contributed by atoms with Crippen LogP contribution >= 0.6 is 0 Å². The lowest BCUT2D eigenvalue weighted by Crippen LogP contribution is -2.46. The van der Waals surface area contributed by atoms with Crippen LogP contribution in [0.5, 0.6) is 11.5 Å². The second-order valence-electron chi connectivity index (χ2n) is 9.77. The molecular formula is C31H36N2O3. The molecule has 2 heterocycles. The zero-order valence-electron chi connectivity index (χ0n) is 21.4. The molecule has 1 saturated heterocycles. The molecule has 0 N–H and O–H groups in total. The molecule has 0 radical (unpaired) electrons. The molecule has 1 aliphatic rings. The number of benzene rings is 3.